The van der Waals surface area contributed by atoms with E-state index in [-0.39, 0.29) is 17.4 Å². The summed E-state index contributed by atoms with van der Waals surface area (Å²) < 4.78 is 7.13. The number of aryl methyl sites for hydroxylation is 1. The summed E-state index contributed by atoms with van der Waals surface area (Å²) in [4.78, 5) is 15.5. The fourth-order valence-electron chi connectivity index (χ4n) is 3.98. The van der Waals surface area contributed by atoms with E-state index in [9.17, 15) is 4.79 Å². The predicted molar refractivity (Wildman–Crippen MR) is 130 cm³/mol. The maximum Gasteiger partial charge on any atom is 0.253 e. The van der Waals surface area contributed by atoms with Crippen LogP contribution in [0.2, 0.25) is 0 Å². The highest BCUT2D eigenvalue weighted by atomic mass is 32.1. The minimum atomic E-state index is -0.0592. The van der Waals surface area contributed by atoms with Crippen LogP contribution in [0.4, 0.5) is 0 Å². The van der Waals surface area contributed by atoms with Crippen molar-refractivity contribution in [3.05, 3.63) is 78.4 Å². The van der Waals surface area contributed by atoms with Crippen LogP contribution in [0.1, 0.15) is 43.1 Å². The summed E-state index contributed by atoms with van der Waals surface area (Å²) in [5, 5.41) is 7.61. The standard InChI is InChI=1S/C26H29N3O2S/c1-26(2,3)16-20(14-18-8-6-5-7-9-18)28-25(30)21-15-23(22-10-12-27-29(22)4)32-24(21)19-11-13-31-17-19/h5-13,15,17,20H,14,16H2,1-4H3,(H,28,30). The van der Waals surface area contributed by atoms with Gasteiger partial charge in [-0.05, 0) is 42.0 Å². The molecule has 5 nitrogen and oxygen atoms in total. The van der Waals surface area contributed by atoms with Crippen LogP contribution in [0.3, 0.4) is 0 Å². The van der Waals surface area contributed by atoms with Crippen molar-refractivity contribution in [3.8, 4) is 21.0 Å². The van der Waals surface area contributed by atoms with Crippen LogP contribution in [0, 0.1) is 5.41 Å². The Morgan fingerprint density at radius 2 is 1.97 bits per heavy atom. The maximum atomic E-state index is 13.6. The molecule has 1 amide bonds. The molecule has 1 atom stereocenters. The number of carbonyl (C=O) groups is 1. The lowest BCUT2D eigenvalue weighted by Gasteiger charge is -2.27. The Morgan fingerprint density at radius 3 is 2.59 bits per heavy atom. The minimum Gasteiger partial charge on any atom is -0.472 e. The lowest BCUT2D eigenvalue weighted by molar-refractivity contribution is 0.0927. The fourth-order valence-corrected chi connectivity index (χ4v) is 5.18. The molecular formula is C26H29N3O2S. The van der Waals surface area contributed by atoms with E-state index in [1.165, 1.54) is 5.56 Å². The number of carbonyl (C=O) groups excluding carboxylic acids is 1. The minimum absolute atomic E-state index is 0.0298. The van der Waals surface area contributed by atoms with Gasteiger partial charge in [-0.1, -0.05) is 51.1 Å². The second kappa shape index (κ2) is 9.17. The second-order valence-corrected chi connectivity index (χ2v) is 10.4. The maximum absolute atomic E-state index is 13.6. The Balaban J connectivity index is 1.65. The van der Waals surface area contributed by atoms with Gasteiger partial charge < -0.3 is 9.73 Å². The molecule has 1 unspecified atom stereocenters. The molecule has 0 aliphatic heterocycles. The number of benzene rings is 1. The zero-order valence-electron chi connectivity index (χ0n) is 19.0. The van der Waals surface area contributed by atoms with Crippen molar-refractivity contribution in [1.29, 1.82) is 0 Å². The van der Waals surface area contributed by atoms with Gasteiger partial charge in [-0.15, -0.1) is 11.3 Å². The lowest BCUT2D eigenvalue weighted by atomic mass is 9.85. The first-order chi connectivity index (χ1) is 15.3. The van der Waals surface area contributed by atoms with Crippen molar-refractivity contribution >= 4 is 17.2 Å². The van der Waals surface area contributed by atoms with Crippen molar-refractivity contribution in [2.45, 2.75) is 39.7 Å². The molecule has 0 aliphatic carbocycles. The van der Waals surface area contributed by atoms with Gasteiger partial charge in [0.2, 0.25) is 0 Å². The summed E-state index contributed by atoms with van der Waals surface area (Å²) in [6.07, 6.45) is 6.77. The molecular weight excluding hydrogens is 418 g/mol. The van der Waals surface area contributed by atoms with E-state index in [1.54, 1.807) is 30.1 Å². The summed E-state index contributed by atoms with van der Waals surface area (Å²) in [5.74, 6) is -0.0592. The van der Waals surface area contributed by atoms with Crippen molar-refractivity contribution in [2.24, 2.45) is 12.5 Å². The number of rotatable bonds is 7. The van der Waals surface area contributed by atoms with Gasteiger partial charge >= 0.3 is 0 Å². The van der Waals surface area contributed by atoms with Crippen molar-refractivity contribution in [1.82, 2.24) is 15.1 Å². The Morgan fingerprint density at radius 1 is 1.19 bits per heavy atom. The van der Waals surface area contributed by atoms with Crippen molar-refractivity contribution in [3.63, 3.8) is 0 Å². The first kappa shape index (κ1) is 22.1. The molecule has 0 bridgehead atoms. The SMILES string of the molecule is Cn1nccc1-c1cc(C(=O)NC(Cc2ccccc2)CC(C)(C)C)c(-c2ccoc2)s1. The van der Waals surface area contributed by atoms with Gasteiger partial charge in [0.15, 0.2) is 0 Å². The van der Waals surface area contributed by atoms with E-state index >= 15 is 0 Å². The van der Waals surface area contributed by atoms with E-state index in [1.807, 2.05) is 48.1 Å². The fraction of sp³-hybridized carbons (Fsp3) is 0.308. The molecule has 4 aromatic rings. The molecule has 6 heteroatoms. The van der Waals surface area contributed by atoms with Crippen LogP contribution in [-0.2, 0) is 13.5 Å². The largest absolute Gasteiger partial charge is 0.472 e. The summed E-state index contributed by atoms with van der Waals surface area (Å²) in [5.41, 5.74) is 3.87. The van der Waals surface area contributed by atoms with E-state index < -0.39 is 0 Å². The summed E-state index contributed by atoms with van der Waals surface area (Å²) in [7, 11) is 1.91. The molecule has 166 valence electrons. The van der Waals surface area contributed by atoms with E-state index in [0.29, 0.717) is 5.56 Å². The molecule has 0 spiro atoms. The number of nitrogens with zero attached hydrogens (tertiary/aromatic N) is 2. The van der Waals surface area contributed by atoms with Gasteiger partial charge in [0, 0.05) is 24.8 Å². The summed E-state index contributed by atoms with van der Waals surface area (Å²) in [6, 6.07) is 16.2. The first-order valence-corrected chi connectivity index (χ1v) is 11.6. The average molecular weight is 448 g/mol. The van der Waals surface area contributed by atoms with Crippen LogP contribution >= 0.6 is 11.3 Å². The van der Waals surface area contributed by atoms with E-state index in [0.717, 1.165) is 33.9 Å². The zero-order valence-corrected chi connectivity index (χ0v) is 19.8. The molecule has 0 radical (unpaired) electrons. The highest BCUT2D eigenvalue weighted by Crippen LogP contribution is 2.38. The predicted octanol–water partition coefficient (Wildman–Crippen LogP) is 6.19. The molecule has 0 fully saturated rings. The highest BCUT2D eigenvalue weighted by molar-refractivity contribution is 7.19. The second-order valence-electron chi connectivity index (χ2n) is 9.33. The molecule has 1 N–H and O–H groups in total. The van der Waals surface area contributed by atoms with Crippen LogP contribution in [-0.4, -0.2) is 21.7 Å². The number of amides is 1. The normalized spacial score (nSPS) is 12.6. The molecule has 3 aromatic heterocycles. The number of thiophene rings is 1. The first-order valence-electron chi connectivity index (χ1n) is 10.8. The number of hydrogen-bond acceptors (Lipinski definition) is 4. The number of furan rings is 1. The third-order valence-corrected chi connectivity index (χ3v) is 6.56. The average Bonchev–Trinajstić information content (AvgIpc) is 3.47. The van der Waals surface area contributed by atoms with Gasteiger partial charge in [0.25, 0.3) is 5.91 Å². The molecule has 4 rings (SSSR count). The Hall–Kier alpha value is -3.12. The Kier molecular flexibility index (Phi) is 6.33. The van der Waals surface area contributed by atoms with E-state index in [2.05, 4.69) is 43.3 Å². The van der Waals surface area contributed by atoms with Crippen LogP contribution < -0.4 is 5.32 Å². The zero-order chi connectivity index (χ0) is 22.7. The van der Waals surface area contributed by atoms with Gasteiger partial charge in [0.1, 0.15) is 0 Å². The molecule has 0 saturated carbocycles. The number of hydrogen-bond donors (Lipinski definition) is 1. The topological polar surface area (TPSA) is 60.1 Å². The summed E-state index contributed by atoms with van der Waals surface area (Å²) >= 11 is 1.58. The highest BCUT2D eigenvalue weighted by Gasteiger charge is 2.25. The molecule has 0 aliphatic rings. The smallest absolute Gasteiger partial charge is 0.253 e. The van der Waals surface area contributed by atoms with Gasteiger partial charge in [-0.3, -0.25) is 9.48 Å². The summed E-state index contributed by atoms with van der Waals surface area (Å²) in [6.45, 7) is 6.62. The monoisotopic (exact) mass is 447 g/mol. The van der Waals surface area contributed by atoms with E-state index in [4.69, 9.17) is 4.42 Å². The molecule has 3 heterocycles. The van der Waals surface area contributed by atoms with Crippen LogP contribution in [0.5, 0.6) is 0 Å². The third kappa shape index (κ3) is 5.19. The number of nitrogens with one attached hydrogen (secondary N) is 1. The third-order valence-electron chi connectivity index (χ3n) is 5.35. The van der Waals surface area contributed by atoms with Gasteiger partial charge in [-0.2, -0.15) is 5.10 Å². The Labute approximate surface area is 193 Å². The van der Waals surface area contributed by atoms with Crippen molar-refractivity contribution < 1.29 is 9.21 Å². The van der Waals surface area contributed by atoms with Crippen LogP contribution in [0.25, 0.3) is 21.0 Å². The van der Waals surface area contributed by atoms with Crippen molar-refractivity contribution in [2.75, 3.05) is 0 Å². The lowest BCUT2D eigenvalue weighted by Crippen LogP contribution is -2.39. The van der Waals surface area contributed by atoms with Gasteiger partial charge in [0.05, 0.1) is 33.5 Å². The van der Waals surface area contributed by atoms with Gasteiger partial charge in [-0.25, -0.2) is 0 Å². The number of aromatic nitrogens is 2. The molecule has 32 heavy (non-hydrogen) atoms. The molecule has 0 saturated heterocycles. The Bertz CT molecular complexity index is 1170. The molecule has 1 aromatic carbocycles. The quantitative estimate of drug-likeness (QED) is 0.368. The van der Waals surface area contributed by atoms with Crippen LogP contribution in [0.15, 0.2) is 71.7 Å².